The average molecular weight is 384 g/mol. The number of nitrogens with zero attached hydrogens (tertiary/aromatic N) is 3. The number of nitriles is 1. The van der Waals surface area contributed by atoms with Crippen LogP contribution in [0.2, 0.25) is 0 Å². The first-order valence-electron chi connectivity index (χ1n) is 8.36. The zero-order valence-electron chi connectivity index (χ0n) is 15.1. The third-order valence-electron chi connectivity index (χ3n) is 3.86. The minimum atomic E-state index is -3.64. The number of nitrogens with one attached hydrogen (secondary N) is 1. The summed E-state index contributed by atoms with van der Waals surface area (Å²) in [4.78, 5) is 12.3. The molecule has 0 spiro atoms. The van der Waals surface area contributed by atoms with Gasteiger partial charge in [-0.2, -0.15) is 14.7 Å². The smallest absolute Gasteiger partial charge is 0.267 e. The highest BCUT2D eigenvalue weighted by Gasteiger charge is 2.22. The summed E-state index contributed by atoms with van der Waals surface area (Å²) in [6, 6.07) is 14.5. The maximum Gasteiger partial charge on any atom is 0.271 e. The minimum absolute atomic E-state index is 0.0647. The van der Waals surface area contributed by atoms with Crippen LogP contribution in [0, 0.1) is 11.3 Å². The van der Waals surface area contributed by atoms with Crippen molar-refractivity contribution < 1.29 is 13.2 Å². The number of carbonyl (C=O) groups excluding carboxylic acids is 1. The van der Waals surface area contributed by atoms with Crippen molar-refractivity contribution in [2.75, 3.05) is 13.1 Å². The summed E-state index contributed by atoms with van der Waals surface area (Å²) in [6.07, 6.45) is 1.44. The van der Waals surface area contributed by atoms with Crippen LogP contribution in [-0.4, -0.2) is 37.9 Å². The molecule has 0 saturated carbocycles. The Morgan fingerprint density at radius 3 is 2.44 bits per heavy atom. The molecule has 0 radical (unpaired) electrons. The van der Waals surface area contributed by atoms with Crippen molar-refractivity contribution in [3.8, 4) is 6.07 Å². The summed E-state index contributed by atoms with van der Waals surface area (Å²) in [5.41, 5.74) is 3.81. The normalized spacial score (nSPS) is 11.5. The summed E-state index contributed by atoms with van der Waals surface area (Å²) in [5, 5.41) is 12.6. The Labute approximate surface area is 159 Å². The van der Waals surface area contributed by atoms with Crippen molar-refractivity contribution in [2.45, 2.75) is 18.7 Å². The number of amides is 1. The largest absolute Gasteiger partial charge is 0.271 e. The van der Waals surface area contributed by atoms with Crippen LogP contribution < -0.4 is 5.43 Å². The molecule has 0 fully saturated rings. The number of hydrogen-bond donors (Lipinski definition) is 1. The van der Waals surface area contributed by atoms with Gasteiger partial charge in [-0.15, -0.1) is 0 Å². The first kappa shape index (κ1) is 20.3. The summed E-state index contributed by atoms with van der Waals surface area (Å²) in [7, 11) is -3.64. The molecule has 27 heavy (non-hydrogen) atoms. The number of carbonyl (C=O) groups is 1. The first-order chi connectivity index (χ1) is 12.9. The summed E-state index contributed by atoms with van der Waals surface area (Å²) < 4.78 is 26.5. The van der Waals surface area contributed by atoms with Crippen LogP contribution in [0.25, 0.3) is 0 Å². The Kier molecular flexibility index (Phi) is 6.82. The van der Waals surface area contributed by atoms with Crippen LogP contribution in [0.4, 0.5) is 0 Å². The van der Waals surface area contributed by atoms with Gasteiger partial charge in [0, 0.05) is 18.7 Å². The molecule has 0 aromatic heterocycles. The lowest BCUT2D eigenvalue weighted by atomic mass is 10.2. The van der Waals surface area contributed by atoms with Gasteiger partial charge in [-0.3, -0.25) is 4.79 Å². The van der Waals surface area contributed by atoms with Crippen LogP contribution in [0.15, 0.2) is 58.5 Å². The number of sulfonamides is 1. The van der Waals surface area contributed by atoms with Crippen LogP contribution in [0.5, 0.6) is 0 Å². The maximum atomic E-state index is 12.6. The maximum absolute atomic E-state index is 12.6. The lowest BCUT2D eigenvalue weighted by Gasteiger charge is -2.18. The fraction of sp³-hybridized carbons (Fsp3) is 0.211. The van der Waals surface area contributed by atoms with Gasteiger partial charge in [0.15, 0.2) is 0 Å². The Bertz CT molecular complexity index is 973. The molecule has 0 aliphatic rings. The third kappa shape index (κ3) is 5.00. The van der Waals surface area contributed by atoms with Crippen molar-refractivity contribution >= 4 is 22.1 Å². The number of rotatable bonds is 7. The van der Waals surface area contributed by atoms with Gasteiger partial charge >= 0.3 is 0 Å². The molecule has 1 N–H and O–H groups in total. The number of benzene rings is 2. The van der Waals surface area contributed by atoms with Crippen LogP contribution in [-0.2, 0) is 10.0 Å². The predicted molar refractivity (Wildman–Crippen MR) is 103 cm³/mol. The van der Waals surface area contributed by atoms with Gasteiger partial charge in [0.25, 0.3) is 5.91 Å². The van der Waals surface area contributed by atoms with Crippen molar-refractivity contribution in [3.63, 3.8) is 0 Å². The van der Waals surface area contributed by atoms with Gasteiger partial charge in [0.2, 0.25) is 10.0 Å². The van der Waals surface area contributed by atoms with E-state index in [1.165, 1.54) is 34.8 Å². The average Bonchev–Trinajstić information content (AvgIpc) is 2.69. The second kappa shape index (κ2) is 9.07. The molecule has 2 aromatic rings. The van der Waals surface area contributed by atoms with E-state index in [0.717, 1.165) is 0 Å². The van der Waals surface area contributed by atoms with Gasteiger partial charge in [0.05, 0.1) is 22.7 Å². The van der Waals surface area contributed by atoms with Crippen molar-refractivity contribution in [3.05, 3.63) is 65.2 Å². The van der Waals surface area contributed by atoms with E-state index in [1.807, 2.05) is 6.07 Å². The number of hydrazone groups is 1. The highest BCUT2D eigenvalue weighted by molar-refractivity contribution is 7.89. The summed E-state index contributed by atoms with van der Waals surface area (Å²) in [6.45, 7) is 4.22. The van der Waals surface area contributed by atoms with Gasteiger partial charge in [0.1, 0.15) is 0 Å². The highest BCUT2D eigenvalue weighted by atomic mass is 32.2. The molecule has 2 rings (SSSR count). The van der Waals surface area contributed by atoms with Crippen molar-refractivity contribution in [2.24, 2.45) is 5.10 Å². The van der Waals surface area contributed by atoms with E-state index < -0.39 is 15.9 Å². The molecular formula is C19H20N4O3S. The Hall–Kier alpha value is -3.02. The van der Waals surface area contributed by atoms with Gasteiger partial charge in [-0.25, -0.2) is 13.8 Å². The van der Waals surface area contributed by atoms with Crippen LogP contribution >= 0.6 is 0 Å². The molecule has 0 atom stereocenters. The monoisotopic (exact) mass is 384 g/mol. The van der Waals surface area contributed by atoms with E-state index in [-0.39, 0.29) is 10.5 Å². The Morgan fingerprint density at radius 2 is 1.85 bits per heavy atom. The Balaban J connectivity index is 2.13. The van der Waals surface area contributed by atoms with E-state index in [4.69, 9.17) is 5.26 Å². The fourth-order valence-corrected chi connectivity index (χ4v) is 3.89. The molecule has 0 aliphatic carbocycles. The van der Waals surface area contributed by atoms with Crippen molar-refractivity contribution in [1.82, 2.24) is 9.73 Å². The van der Waals surface area contributed by atoms with Gasteiger partial charge in [-0.05, 0) is 35.9 Å². The SMILES string of the molecule is CCN(CC)S(=O)(=O)c1cccc(C(=O)N/N=C\c2ccc(C#N)cc2)c1. The zero-order valence-corrected chi connectivity index (χ0v) is 15.9. The van der Waals surface area contributed by atoms with E-state index in [1.54, 1.807) is 38.1 Å². The topological polar surface area (TPSA) is 103 Å². The molecule has 7 nitrogen and oxygen atoms in total. The summed E-state index contributed by atoms with van der Waals surface area (Å²) in [5.74, 6) is -0.517. The van der Waals surface area contributed by atoms with Gasteiger partial charge in [-0.1, -0.05) is 32.0 Å². The van der Waals surface area contributed by atoms with E-state index in [2.05, 4.69) is 10.5 Å². The molecule has 0 aliphatic heterocycles. The third-order valence-corrected chi connectivity index (χ3v) is 5.90. The Morgan fingerprint density at radius 1 is 1.19 bits per heavy atom. The zero-order chi connectivity index (χ0) is 19.9. The molecule has 0 unspecified atom stereocenters. The molecular weight excluding hydrogens is 364 g/mol. The molecule has 2 aromatic carbocycles. The molecule has 1 amide bonds. The first-order valence-corrected chi connectivity index (χ1v) is 9.80. The molecule has 140 valence electrons. The van der Waals surface area contributed by atoms with E-state index >= 15 is 0 Å². The fourth-order valence-electron chi connectivity index (χ4n) is 2.38. The molecule has 8 heteroatoms. The second-order valence-electron chi connectivity index (χ2n) is 5.55. The van der Waals surface area contributed by atoms with Crippen molar-refractivity contribution in [1.29, 1.82) is 5.26 Å². The van der Waals surface area contributed by atoms with Gasteiger partial charge < -0.3 is 0 Å². The molecule has 0 heterocycles. The van der Waals surface area contributed by atoms with Crippen LogP contribution in [0.1, 0.15) is 35.3 Å². The summed E-state index contributed by atoms with van der Waals surface area (Å²) >= 11 is 0. The standard InChI is InChI=1S/C19H20N4O3S/c1-3-23(4-2)27(25,26)18-7-5-6-17(12-18)19(24)22-21-14-16-10-8-15(13-20)9-11-16/h5-12,14H,3-4H2,1-2H3,(H,22,24)/b21-14-. The highest BCUT2D eigenvalue weighted by Crippen LogP contribution is 2.17. The number of hydrogen-bond acceptors (Lipinski definition) is 5. The second-order valence-corrected chi connectivity index (χ2v) is 7.49. The van der Waals surface area contributed by atoms with E-state index in [0.29, 0.717) is 24.2 Å². The lowest BCUT2D eigenvalue weighted by molar-refractivity contribution is 0.0955. The molecule has 0 bridgehead atoms. The lowest BCUT2D eigenvalue weighted by Crippen LogP contribution is -2.30. The van der Waals surface area contributed by atoms with E-state index in [9.17, 15) is 13.2 Å². The van der Waals surface area contributed by atoms with Crippen LogP contribution in [0.3, 0.4) is 0 Å². The quantitative estimate of drug-likeness (QED) is 0.584. The minimum Gasteiger partial charge on any atom is -0.267 e. The predicted octanol–water partition coefficient (Wildman–Crippen LogP) is 2.35. The molecule has 0 saturated heterocycles.